The summed E-state index contributed by atoms with van der Waals surface area (Å²) in [5.41, 5.74) is -5.50. The fourth-order valence-electron chi connectivity index (χ4n) is 24.3. The lowest BCUT2D eigenvalue weighted by Gasteiger charge is -2.71. The normalized spacial score (nSPS) is 48.8. The lowest BCUT2D eigenvalue weighted by Crippen LogP contribution is -2.69. The minimum absolute atomic E-state index is 0.0188. The first kappa shape index (κ1) is 111. The van der Waals surface area contributed by atoms with E-state index in [1.807, 2.05) is 27.7 Å². The minimum Gasteiger partial charge on any atom is -0.479 e. The molecule has 13 rings (SSSR count). The number of aliphatic hydroxyl groups excluding tert-OH is 21. The molecule has 0 amide bonds. The van der Waals surface area contributed by atoms with Crippen molar-refractivity contribution in [3.63, 3.8) is 0 Å². The molecule has 0 spiro atoms. The highest BCUT2D eigenvalue weighted by Crippen LogP contribution is 2.76. The van der Waals surface area contributed by atoms with Crippen LogP contribution in [-0.4, -0.2) is 427 Å². The van der Waals surface area contributed by atoms with Crippen molar-refractivity contribution in [3.8, 4) is 0 Å². The van der Waals surface area contributed by atoms with Crippen LogP contribution in [0.4, 0.5) is 0 Å². The van der Waals surface area contributed by atoms with E-state index in [-0.39, 0.29) is 43.9 Å². The third-order valence-corrected chi connectivity index (χ3v) is 33.4. The quantitative estimate of drug-likeness (QED) is 0.00953. The molecule has 0 aromatic heterocycles. The van der Waals surface area contributed by atoms with Crippen molar-refractivity contribution >= 4 is 30.2 Å². The molecule has 0 aromatic rings. The van der Waals surface area contributed by atoms with Crippen molar-refractivity contribution in [1.29, 1.82) is 0 Å². The van der Waals surface area contributed by atoms with Crippen molar-refractivity contribution < 1.29 is 222 Å². The Kier molecular flexibility index (Phi) is 35.8. The highest BCUT2D eigenvalue weighted by Gasteiger charge is 2.74. The number of hydrogen-bond donors (Lipinski definition) is 22. The Morgan fingerprint density at radius 2 is 1.00 bits per heavy atom. The molecule has 22 N–H and O–H groups in total. The van der Waals surface area contributed by atoms with Crippen LogP contribution in [0.2, 0.25) is 0 Å². The molecule has 4 saturated carbocycles. The van der Waals surface area contributed by atoms with E-state index in [1.165, 1.54) is 13.8 Å². The van der Waals surface area contributed by atoms with Gasteiger partial charge in [-0.3, -0.25) is 14.4 Å². The fraction of sp³-hybridized carbons (Fsp3) is 0.925. The van der Waals surface area contributed by atoms with Gasteiger partial charge in [0.05, 0.1) is 93.5 Å². The van der Waals surface area contributed by atoms with E-state index in [0.29, 0.717) is 57.8 Å². The van der Waals surface area contributed by atoms with Gasteiger partial charge in [0, 0.05) is 12.8 Å². The number of rotatable bonds is 34. The summed E-state index contributed by atoms with van der Waals surface area (Å²) in [7, 11) is 0. The Morgan fingerprint density at radius 1 is 0.478 bits per heavy atom. The summed E-state index contributed by atoms with van der Waals surface area (Å²) < 4.78 is 109. The molecule has 0 radical (unpaired) electrons. The van der Waals surface area contributed by atoms with Gasteiger partial charge in [-0.1, -0.05) is 101 Å². The molecule has 12 fully saturated rings. The number of esters is 3. The van der Waals surface area contributed by atoms with Gasteiger partial charge in [0.1, 0.15) is 152 Å². The number of carboxylic acid groups (broad SMARTS) is 1. The summed E-state index contributed by atoms with van der Waals surface area (Å²) in [6.45, 7) is 21.2. The molecule has 0 aromatic carbocycles. The van der Waals surface area contributed by atoms with Crippen LogP contribution in [0.3, 0.4) is 0 Å². The lowest BCUT2D eigenvalue weighted by atomic mass is 9.33. The number of aliphatic hydroxyl groups is 21. The summed E-state index contributed by atoms with van der Waals surface area (Å²) >= 11 is 0. The van der Waals surface area contributed by atoms with Crippen molar-refractivity contribution in [2.45, 2.75) is 451 Å². The maximum atomic E-state index is 16.4. The van der Waals surface area contributed by atoms with E-state index >= 15 is 4.79 Å². The second kappa shape index (κ2) is 44.5. The minimum atomic E-state index is -2.26. The summed E-state index contributed by atoms with van der Waals surface area (Å²) in [6, 6.07) is 0. The topological polar surface area (TPSA) is 697 Å². The smallest absolute Gasteiger partial charge is 0.335 e. The van der Waals surface area contributed by atoms with Gasteiger partial charge in [-0.15, -0.1) is 0 Å². The van der Waals surface area contributed by atoms with E-state index in [2.05, 4.69) is 26.8 Å². The zero-order valence-electron chi connectivity index (χ0n) is 80.2. The molecule has 5 aliphatic carbocycles. The van der Waals surface area contributed by atoms with Crippen LogP contribution in [0.5, 0.6) is 0 Å². The first-order valence-electron chi connectivity index (χ1n) is 48.7. The van der Waals surface area contributed by atoms with E-state index in [4.69, 9.17) is 85.3 Å². The molecule has 0 bridgehead atoms. The van der Waals surface area contributed by atoms with E-state index in [1.54, 1.807) is 27.7 Å². The SMILES string of the molecule is CCC(C)C(CC(O)CC(=O)OC1C(C)OC(OC(=O)C23CCC(C)(C)CC2C2=CCC4C5(C)CCC(OC6OC(C(=O)O)C(O)C(OC7OCC(O)C(O)C7O)C6OC6OC(CO)C(O)C(O)C6O)C(C)(C=O)C5CCC4(C)C2(C)CC3O)C(OC2OC(C)C(OC3OCC(O)C(OC4OCC(O)C(O)C4O)C3O)C(O)C2O)C1O)OC(=O)CC(O)CC(O[C@H]1O[C@H](CC)[C@@H](O)[C@@H]1O)C(C)CC. The molecule has 48 unspecified atom stereocenters. The molecular formula is C93H150O45. The maximum absolute atomic E-state index is 16.4. The fourth-order valence-corrected chi connectivity index (χ4v) is 24.3. The number of carbonyl (C=O) groups is 5. The number of carboxylic acids is 1. The van der Waals surface area contributed by atoms with Crippen LogP contribution in [-0.2, 0) is 109 Å². The van der Waals surface area contributed by atoms with Gasteiger partial charge < -0.3 is 202 Å². The molecular weight excluding hydrogens is 1840 g/mol. The van der Waals surface area contributed by atoms with Gasteiger partial charge in [0.15, 0.2) is 62.3 Å². The number of hydrogen-bond acceptors (Lipinski definition) is 44. The third kappa shape index (κ3) is 21.7. The van der Waals surface area contributed by atoms with Crippen molar-refractivity contribution in [2.24, 2.45) is 62.1 Å². The Balaban J connectivity index is 0.748. The van der Waals surface area contributed by atoms with Crippen LogP contribution >= 0.6 is 0 Å². The molecule has 138 heavy (non-hydrogen) atoms. The molecule has 792 valence electrons. The number of aldehydes is 1. The van der Waals surface area contributed by atoms with Crippen LogP contribution in [0, 0.1) is 62.1 Å². The second-order valence-electron chi connectivity index (χ2n) is 42.7. The van der Waals surface area contributed by atoms with Gasteiger partial charge in [-0.2, -0.15) is 0 Å². The number of fused-ring (bicyclic) bond motifs is 7. The first-order valence-corrected chi connectivity index (χ1v) is 48.7. The first-order chi connectivity index (χ1) is 64.8. The van der Waals surface area contributed by atoms with Crippen molar-refractivity contribution in [1.82, 2.24) is 0 Å². The van der Waals surface area contributed by atoms with E-state index in [0.717, 1.165) is 11.9 Å². The Labute approximate surface area is 799 Å². The average molecular weight is 1990 g/mol. The van der Waals surface area contributed by atoms with E-state index < -0.39 is 371 Å². The average Bonchev–Trinajstić information content (AvgIpc) is 0.703. The summed E-state index contributed by atoms with van der Waals surface area (Å²) in [6.07, 6.45) is -67.7. The maximum Gasteiger partial charge on any atom is 0.335 e. The molecule has 45 nitrogen and oxygen atoms in total. The van der Waals surface area contributed by atoms with Crippen LogP contribution in [0.15, 0.2) is 11.6 Å². The van der Waals surface area contributed by atoms with Gasteiger partial charge in [-0.25, -0.2) is 4.79 Å². The summed E-state index contributed by atoms with van der Waals surface area (Å²) in [5, 5.41) is 247. The molecule has 8 saturated heterocycles. The highest BCUT2D eigenvalue weighted by molar-refractivity contribution is 5.80. The number of allylic oxidation sites excluding steroid dienone is 2. The molecule has 13 aliphatic rings. The molecule has 8 aliphatic heterocycles. The van der Waals surface area contributed by atoms with Gasteiger partial charge >= 0.3 is 23.9 Å². The van der Waals surface area contributed by atoms with E-state index in [9.17, 15) is 132 Å². The Hall–Kier alpha value is -4.15. The zero-order valence-corrected chi connectivity index (χ0v) is 80.2. The second-order valence-corrected chi connectivity index (χ2v) is 42.7. The Morgan fingerprint density at radius 3 is 1.60 bits per heavy atom. The predicted octanol–water partition coefficient (Wildman–Crippen LogP) is -4.27. The lowest BCUT2D eigenvalue weighted by molar-refractivity contribution is -0.391. The largest absolute Gasteiger partial charge is 0.479 e. The number of aliphatic carboxylic acids is 1. The van der Waals surface area contributed by atoms with Gasteiger partial charge in [0.2, 0.25) is 6.29 Å². The predicted molar refractivity (Wildman–Crippen MR) is 461 cm³/mol. The summed E-state index contributed by atoms with van der Waals surface area (Å²) in [5.74, 6) is -7.09. The van der Waals surface area contributed by atoms with Crippen molar-refractivity contribution in [2.75, 3.05) is 26.4 Å². The highest BCUT2D eigenvalue weighted by atomic mass is 16.8. The van der Waals surface area contributed by atoms with Crippen LogP contribution in [0.1, 0.15) is 193 Å². The standard InChI is InChI=1S/C93H150O45/c1-14-36(4)48(126-55(102)27-41(97)26-49(37(5)15-2)128-83-65(112)59(106)47(16-3)127-83)25-40(96)28-56(103)131-72-39(7)125-85(76(68(72)115)136-82-67(114)62(109)71(38(6)124-82)132-81-70(117)73(46(100)34-123-81)133-79-63(110)57(104)44(98)32-121-79)138-87(120)93-24-23-88(8,9)29-43(93)42-17-18-52-89(10)21-20-54(90(11,35-95)51(89)19-22-91(52,12)92(42,13)30-53(93)101)130-86-77(137-84-66(113)61(108)60(107)50(31-94)129-84)74(69(116)75(135-86)78(118)119)134-80-64(111)58(105)45(99)33-122-80/h17,35-41,43-54,57-77,79-86,94,96-101,104-117H,14-16,18-34H2,1-13H3,(H,118,119)/t36?,37?,38?,39?,40?,41?,43?,44?,45?,46?,47-,48?,49?,50?,51?,52?,53?,54?,57?,58?,59-,60?,61?,62?,63?,64?,65+,66?,67?,68?,69?,70?,71?,72?,73?,74?,75?,76?,77?,79?,80?,81?,82?,83-,84?,85?,86?,89?,90?,91?,92?,93?/m1/s1. The van der Waals surface area contributed by atoms with Gasteiger partial charge in [-0.05, 0) is 129 Å². The molecule has 45 heteroatoms. The monoisotopic (exact) mass is 1990 g/mol. The third-order valence-electron chi connectivity index (χ3n) is 33.4. The van der Waals surface area contributed by atoms with Crippen LogP contribution in [0.25, 0.3) is 0 Å². The molecule has 52 atom stereocenters. The number of carbonyl (C=O) groups excluding carboxylic acids is 4. The van der Waals surface area contributed by atoms with Gasteiger partial charge in [0.25, 0.3) is 0 Å². The molecule has 8 heterocycles. The summed E-state index contributed by atoms with van der Waals surface area (Å²) in [4.78, 5) is 72.1. The van der Waals surface area contributed by atoms with Crippen molar-refractivity contribution in [3.05, 3.63) is 11.6 Å². The zero-order chi connectivity index (χ0) is 101. The van der Waals surface area contributed by atoms with Crippen LogP contribution < -0.4 is 0 Å². The Bertz CT molecular complexity index is 4080. The number of ether oxygens (including phenoxy) is 18.